The van der Waals surface area contributed by atoms with Crippen molar-refractivity contribution in [3.63, 3.8) is 0 Å². The monoisotopic (exact) mass is 331 g/mol. The third kappa shape index (κ3) is 4.95. The molecule has 0 fully saturated rings. The van der Waals surface area contributed by atoms with Crippen molar-refractivity contribution >= 4 is 21.6 Å². The van der Waals surface area contributed by atoms with Crippen LogP contribution in [0.15, 0.2) is 15.5 Å². The molecular weight excluding hydrogens is 310 g/mol. The van der Waals surface area contributed by atoms with Gasteiger partial charge in [-0.15, -0.1) is 0 Å². The van der Waals surface area contributed by atoms with Crippen LogP contribution in [0.5, 0.6) is 0 Å². The molecule has 5 nitrogen and oxygen atoms in total. The summed E-state index contributed by atoms with van der Waals surface area (Å²) in [5, 5.41) is 7.40. The summed E-state index contributed by atoms with van der Waals surface area (Å²) in [6.45, 7) is 7.99. The van der Waals surface area contributed by atoms with E-state index in [2.05, 4.69) is 33.3 Å². The summed E-state index contributed by atoms with van der Waals surface area (Å²) < 4.78 is 7.35. The lowest BCUT2D eigenvalue weighted by atomic mass is 10.3. The first-order chi connectivity index (χ1) is 9.10. The van der Waals surface area contributed by atoms with E-state index in [1.807, 2.05) is 13.8 Å². The number of hydrogen-bond donors (Lipinski definition) is 1. The third-order valence-electron chi connectivity index (χ3n) is 2.68. The summed E-state index contributed by atoms with van der Waals surface area (Å²) in [5.41, 5.74) is 0.618. The molecule has 6 heteroatoms. The molecule has 0 aliphatic carbocycles. The lowest BCUT2D eigenvalue weighted by Crippen LogP contribution is -2.27. The molecule has 0 aliphatic heterocycles. The molecule has 0 aromatic carbocycles. The first-order valence-corrected chi connectivity index (χ1v) is 7.49. The summed E-state index contributed by atoms with van der Waals surface area (Å²) in [6.07, 6.45) is 3.67. The molecule has 0 saturated heterocycles. The Hall–Kier alpha value is -0.880. The van der Waals surface area contributed by atoms with Gasteiger partial charge in [-0.1, -0.05) is 13.3 Å². The van der Waals surface area contributed by atoms with Gasteiger partial charge >= 0.3 is 0 Å². The Bertz CT molecular complexity index is 448. The van der Waals surface area contributed by atoms with Gasteiger partial charge in [-0.3, -0.25) is 4.79 Å². The van der Waals surface area contributed by atoms with E-state index >= 15 is 0 Å². The summed E-state index contributed by atoms with van der Waals surface area (Å²) in [7, 11) is 0. The van der Waals surface area contributed by atoms with Crippen molar-refractivity contribution in [2.24, 2.45) is 0 Å². The lowest BCUT2D eigenvalue weighted by Gasteiger charge is -2.16. The number of unbranched alkanes of at least 4 members (excludes halogenated alkanes) is 1. The highest BCUT2D eigenvalue weighted by atomic mass is 79.9. The number of nitrogens with one attached hydrogen (secondary N) is 1. The summed E-state index contributed by atoms with van der Waals surface area (Å²) in [6, 6.07) is 0.129. The fourth-order valence-corrected chi connectivity index (χ4v) is 2.06. The van der Waals surface area contributed by atoms with Crippen LogP contribution < -0.4 is 10.9 Å². The fourth-order valence-electron chi connectivity index (χ4n) is 1.63. The summed E-state index contributed by atoms with van der Waals surface area (Å²) in [4.78, 5) is 12.1. The van der Waals surface area contributed by atoms with E-state index in [0.717, 1.165) is 12.8 Å². The van der Waals surface area contributed by atoms with E-state index < -0.39 is 0 Å². The Labute approximate surface area is 122 Å². The second-order valence-electron chi connectivity index (χ2n) is 4.46. The zero-order valence-corrected chi connectivity index (χ0v) is 13.4. The number of halogens is 1. The molecule has 0 amide bonds. The maximum Gasteiger partial charge on any atom is 0.283 e. The van der Waals surface area contributed by atoms with Crippen LogP contribution in [0.1, 0.15) is 33.6 Å². The normalized spacial score (nSPS) is 12.4. The second kappa shape index (κ2) is 8.32. The molecule has 19 heavy (non-hydrogen) atoms. The van der Waals surface area contributed by atoms with Gasteiger partial charge in [0, 0.05) is 19.2 Å². The van der Waals surface area contributed by atoms with Gasteiger partial charge in [0.2, 0.25) is 0 Å². The van der Waals surface area contributed by atoms with Crippen molar-refractivity contribution in [1.82, 2.24) is 9.78 Å². The Kier molecular flexibility index (Phi) is 7.09. The van der Waals surface area contributed by atoms with Crippen LogP contribution in [-0.2, 0) is 11.3 Å². The van der Waals surface area contributed by atoms with Crippen LogP contribution in [0.3, 0.4) is 0 Å². The first-order valence-electron chi connectivity index (χ1n) is 6.70. The quantitative estimate of drug-likeness (QED) is 0.795. The predicted molar refractivity (Wildman–Crippen MR) is 80.7 cm³/mol. The molecule has 0 saturated carbocycles. The highest BCUT2D eigenvalue weighted by molar-refractivity contribution is 9.10. The molecule has 1 rings (SSSR count). The largest absolute Gasteiger partial charge is 0.380 e. The number of ether oxygens (including phenoxy) is 1. The first kappa shape index (κ1) is 16.2. The van der Waals surface area contributed by atoms with Crippen LogP contribution in [-0.4, -0.2) is 29.0 Å². The summed E-state index contributed by atoms with van der Waals surface area (Å²) >= 11 is 3.34. The van der Waals surface area contributed by atoms with Crippen molar-refractivity contribution < 1.29 is 4.74 Å². The molecule has 108 valence electrons. The SMILES string of the molecule is CCCCn1ncc(NC(C)COCC)c(Br)c1=O. The molecule has 1 N–H and O–H groups in total. The molecule has 1 aromatic heterocycles. The third-order valence-corrected chi connectivity index (χ3v) is 3.45. The number of aromatic nitrogens is 2. The Balaban J connectivity index is 2.75. The predicted octanol–water partition coefficient (Wildman–Crippen LogP) is 2.64. The Morgan fingerprint density at radius 3 is 2.89 bits per heavy atom. The van der Waals surface area contributed by atoms with E-state index in [1.165, 1.54) is 4.68 Å². The minimum Gasteiger partial charge on any atom is -0.380 e. The zero-order chi connectivity index (χ0) is 14.3. The number of rotatable bonds is 8. The van der Waals surface area contributed by atoms with Gasteiger partial charge in [0.1, 0.15) is 4.47 Å². The topological polar surface area (TPSA) is 56.1 Å². The van der Waals surface area contributed by atoms with E-state index in [0.29, 0.717) is 29.9 Å². The smallest absolute Gasteiger partial charge is 0.283 e. The van der Waals surface area contributed by atoms with Crippen molar-refractivity contribution in [2.75, 3.05) is 18.5 Å². The lowest BCUT2D eigenvalue weighted by molar-refractivity contribution is 0.141. The van der Waals surface area contributed by atoms with Gasteiger partial charge in [-0.25, -0.2) is 4.68 Å². The van der Waals surface area contributed by atoms with Gasteiger partial charge in [0.25, 0.3) is 5.56 Å². The van der Waals surface area contributed by atoms with Crippen LogP contribution >= 0.6 is 15.9 Å². The van der Waals surface area contributed by atoms with E-state index in [4.69, 9.17) is 4.74 Å². The number of anilines is 1. The van der Waals surface area contributed by atoms with Crippen molar-refractivity contribution in [3.8, 4) is 0 Å². The number of nitrogens with zero attached hydrogens (tertiary/aromatic N) is 2. The standard InChI is InChI=1S/C13H22BrN3O2/c1-4-6-7-17-13(18)12(14)11(8-15-17)16-10(3)9-19-5-2/h8,10,16H,4-7,9H2,1-3H3. The molecule has 1 unspecified atom stereocenters. The fraction of sp³-hybridized carbons (Fsp3) is 0.692. The second-order valence-corrected chi connectivity index (χ2v) is 5.25. The molecule has 1 aromatic rings. The molecule has 0 radical (unpaired) electrons. The van der Waals surface area contributed by atoms with Gasteiger partial charge in [-0.05, 0) is 36.2 Å². The summed E-state index contributed by atoms with van der Waals surface area (Å²) in [5.74, 6) is 0. The highest BCUT2D eigenvalue weighted by Gasteiger charge is 2.10. The van der Waals surface area contributed by atoms with Crippen LogP contribution in [0.4, 0.5) is 5.69 Å². The number of hydrogen-bond acceptors (Lipinski definition) is 4. The minimum absolute atomic E-state index is 0.0953. The van der Waals surface area contributed by atoms with Crippen LogP contribution in [0, 0.1) is 0 Å². The van der Waals surface area contributed by atoms with E-state index in [1.54, 1.807) is 6.20 Å². The molecule has 1 heterocycles. The molecule has 0 bridgehead atoms. The average Bonchev–Trinajstić information content (AvgIpc) is 2.41. The van der Waals surface area contributed by atoms with Gasteiger partial charge in [0.15, 0.2) is 0 Å². The molecule has 0 spiro atoms. The molecular formula is C13H22BrN3O2. The maximum absolute atomic E-state index is 12.1. The molecule has 1 atom stereocenters. The van der Waals surface area contributed by atoms with Crippen molar-refractivity contribution in [3.05, 3.63) is 21.0 Å². The highest BCUT2D eigenvalue weighted by Crippen LogP contribution is 2.17. The van der Waals surface area contributed by atoms with Crippen molar-refractivity contribution in [1.29, 1.82) is 0 Å². The van der Waals surface area contributed by atoms with Crippen LogP contribution in [0.2, 0.25) is 0 Å². The van der Waals surface area contributed by atoms with Gasteiger partial charge < -0.3 is 10.1 Å². The van der Waals surface area contributed by atoms with Gasteiger partial charge in [-0.2, -0.15) is 5.10 Å². The van der Waals surface area contributed by atoms with Crippen LogP contribution in [0.25, 0.3) is 0 Å². The van der Waals surface area contributed by atoms with Gasteiger partial charge in [0.05, 0.1) is 18.5 Å². The molecule has 0 aliphatic rings. The maximum atomic E-state index is 12.1. The van der Waals surface area contributed by atoms with E-state index in [-0.39, 0.29) is 11.6 Å². The Morgan fingerprint density at radius 2 is 2.26 bits per heavy atom. The van der Waals surface area contributed by atoms with E-state index in [9.17, 15) is 4.79 Å². The Morgan fingerprint density at radius 1 is 1.53 bits per heavy atom. The average molecular weight is 332 g/mol. The zero-order valence-electron chi connectivity index (χ0n) is 11.8. The van der Waals surface area contributed by atoms with Crippen molar-refractivity contribution in [2.45, 2.75) is 46.2 Å². The number of aryl methyl sites for hydroxylation is 1. The minimum atomic E-state index is -0.0953.